The van der Waals surface area contributed by atoms with E-state index in [1.54, 1.807) is 0 Å². The minimum absolute atomic E-state index is 0. The van der Waals surface area contributed by atoms with Crippen LogP contribution in [-0.4, -0.2) is 0 Å². The van der Waals surface area contributed by atoms with Crippen LogP contribution in [0.3, 0.4) is 0 Å². The van der Waals surface area contributed by atoms with Crippen LogP contribution < -0.4 is 0 Å². The molecule has 0 aliphatic rings. The summed E-state index contributed by atoms with van der Waals surface area (Å²) < 4.78 is 0. The van der Waals surface area contributed by atoms with Gasteiger partial charge in [-0.2, -0.15) is 35.4 Å². The van der Waals surface area contributed by atoms with E-state index in [9.17, 15) is 0 Å². The molecule has 0 saturated heterocycles. The molecule has 1 heteroatoms. The average molecular weight is 372 g/mol. The first-order chi connectivity index (χ1) is 3.79. The molecule has 0 heterocycles. The van der Waals surface area contributed by atoms with Gasteiger partial charge in [-0.1, -0.05) is 13.8 Å². The van der Waals surface area contributed by atoms with E-state index in [0.717, 1.165) is 0 Å². The zero-order valence-corrected chi connectivity index (χ0v) is 12.3. The van der Waals surface area contributed by atoms with Crippen molar-refractivity contribution in [2.75, 3.05) is 0 Å². The van der Waals surface area contributed by atoms with E-state index in [2.05, 4.69) is 26.0 Å². The molecule has 9 heavy (non-hydrogen) atoms. The predicted octanol–water partition coefficient (Wildman–Crippen LogP) is 2.10. The van der Waals surface area contributed by atoms with Crippen LogP contribution in [0.15, 0.2) is 18.2 Å². The summed E-state index contributed by atoms with van der Waals surface area (Å²) >= 11 is 0. The molecule has 0 amide bonds. The molecule has 0 N–H and O–H groups in total. The molecule has 1 rings (SSSR count). The van der Waals surface area contributed by atoms with Crippen molar-refractivity contribution in [1.29, 1.82) is 0 Å². The van der Waals surface area contributed by atoms with Crippen molar-refractivity contribution in [2.24, 2.45) is 0 Å². The summed E-state index contributed by atoms with van der Waals surface area (Å²) in [7, 11) is 0. The largest absolute Gasteiger partial charge is 0.183 e. The Kier molecular flexibility index (Phi) is 2.01. The second kappa shape index (κ2) is 2.51. The summed E-state index contributed by atoms with van der Waals surface area (Å²) in [6.45, 7) is 4.15. The van der Waals surface area contributed by atoms with Crippen LogP contribution in [0.4, 0.5) is 0 Å². The number of hydrogen-bond acceptors (Lipinski definition) is 0. The van der Waals surface area contributed by atoms with E-state index in [1.807, 2.05) is 12.1 Å². The van der Waals surface area contributed by atoms with Crippen LogP contribution >= 0.6 is 0 Å². The Labute approximate surface area is 50.2 Å². The number of benzene rings is 1. The first-order valence-electron chi connectivity index (χ1n) is 2.73. The minimum Gasteiger partial charge on any atom is -0.183 e. The smallest absolute Gasteiger partial charge is 0 e. The zero-order valence-electron chi connectivity index (χ0n) is 5.94. The molecule has 0 bridgehead atoms. The normalized spacial score (nSPS) is 8.22. The van der Waals surface area contributed by atoms with Gasteiger partial charge in [-0.25, -0.2) is 0 Å². The molecule has 0 radical (unpaired) electrons. The maximum absolute atomic E-state index is 3.03. The van der Waals surface area contributed by atoms with Crippen LogP contribution in [0, 0.1) is 19.9 Å². The van der Waals surface area contributed by atoms with Gasteiger partial charge in [-0.3, -0.25) is 0 Å². The minimum atomic E-state index is 0. The molecule has 0 nitrogen and oxygen atoms in total. The molecule has 0 fully saturated rings. The Hall–Kier alpha value is -1.78. The summed E-state index contributed by atoms with van der Waals surface area (Å²) in [6.07, 6.45) is 0. The van der Waals surface area contributed by atoms with Gasteiger partial charge in [0.15, 0.2) is 0 Å². The van der Waals surface area contributed by atoms with Crippen molar-refractivity contribution in [3.63, 3.8) is 0 Å². The second-order valence-corrected chi connectivity index (χ2v) is 2.09. The summed E-state index contributed by atoms with van der Waals surface area (Å²) in [5, 5.41) is 0. The molecule has 0 unspecified atom stereocenters. The van der Waals surface area contributed by atoms with Crippen LogP contribution in [0.2, 0.25) is 0 Å². The molecule has 1 aromatic carbocycles. The third-order valence-electron chi connectivity index (χ3n) is 1.08. The standard InChI is InChI=1S/C8H9.Rf/c1-7-4-3-5-8(2)6-7;/h4-6H,1-2H3;/q-1;. The van der Waals surface area contributed by atoms with Crippen LogP contribution in [0.25, 0.3) is 0 Å². The van der Waals surface area contributed by atoms with Gasteiger partial charge >= 0.3 is 0 Å². The molecule has 0 aliphatic heterocycles. The van der Waals surface area contributed by atoms with Gasteiger partial charge in [-0.05, 0) is 0 Å². The third-order valence-corrected chi connectivity index (χ3v) is 1.08. The molecule has 0 atom stereocenters. The first-order valence-corrected chi connectivity index (χ1v) is 2.73. The Morgan fingerprint density at radius 3 is 1.78 bits per heavy atom. The predicted molar refractivity (Wildman–Crippen MR) is 34.8 cm³/mol. The van der Waals surface area contributed by atoms with Crippen molar-refractivity contribution >= 4 is 0 Å². The fourth-order valence-electron chi connectivity index (χ4n) is 0.747. The molecular weight excluding hydrogens is 363 g/mol. The van der Waals surface area contributed by atoms with Crippen molar-refractivity contribution in [3.8, 4) is 0 Å². The summed E-state index contributed by atoms with van der Waals surface area (Å²) in [5.41, 5.74) is 2.56. The van der Waals surface area contributed by atoms with Crippen molar-refractivity contribution in [2.45, 2.75) is 13.8 Å². The molecule has 0 saturated carbocycles. The zero-order chi connectivity index (χ0) is 5.98. The summed E-state index contributed by atoms with van der Waals surface area (Å²) in [5.74, 6) is 0. The van der Waals surface area contributed by atoms with Crippen LogP contribution in [0.1, 0.15) is 11.1 Å². The van der Waals surface area contributed by atoms with Gasteiger partial charge in [0.1, 0.15) is 0 Å². The Morgan fingerprint density at radius 2 is 1.56 bits per heavy atom. The Balaban J connectivity index is 0.000000640. The van der Waals surface area contributed by atoms with Gasteiger partial charge in [0.05, 0.1) is 0 Å². The van der Waals surface area contributed by atoms with Crippen LogP contribution in [0.5, 0.6) is 0 Å². The molecule has 0 aliphatic carbocycles. The fourth-order valence-corrected chi connectivity index (χ4v) is 0.747. The summed E-state index contributed by atoms with van der Waals surface area (Å²) in [6, 6.07) is 9.12. The molecule has 1 aromatic rings. The molecule has 0 spiro atoms. The summed E-state index contributed by atoms with van der Waals surface area (Å²) in [4.78, 5) is 0. The average Bonchev–Trinajstić information content (AvgIpc) is 1.64. The van der Waals surface area contributed by atoms with Crippen molar-refractivity contribution < 1.29 is 0 Å². The quantitative estimate of drug-likeness (QED) is 0.612. The van der Waals surface area contributed by atoms with Gasteiger partial charge < -0.3 is 0 Å². The number of aryl methyl sites for hydroxylation is 2. The molecule has 0 aromatic heterocycles. The second-order valence-electron chi connectivity index (χ2n) is 2.09. The maximum atomic E-state index is 3.03. The van der Waals surface area contributed by atoms with E-state index >= 15 is 0 Å². The molecule has 44 valence electrons. The van der Waals surface area contributed by atoms with E-state index in [0.29, 0.717) is 0 Å². The van der Waals surface area contributed by atoms with E-state index < -0.39 is 0 Å². The topological polar surface area (TPSA) is 0 Å². The maximum Gasteiger partial charge on any atom is 0 e. The van der Waals surface area contributed by atoms with Gasteiger partial charge in [-0.15, -0.1) is 0 Å². The van der Waals surface area contributed by atoms with Crippen LogP contribution in [-0.2, 0) is 0 Å². The van der Waals surface area contributed by atoms with E-state index in [-0.39, 0.29) is 0 Å². The monoisotopic (exact) mass is 372 g/mol. The van der Waals surface area contributed by atoms with E-state index in [4.69, 9.17) is 0 Å². The Morgan fingerprint density at radius 1 is 1.11 bits per heavy atom. The van der Waals surface area contributed by atoms with E-state index in [1.165, 1.54) is 11.1 Å². The number of rotatable bonds is 0. The Bertz CT molecular complexity index is 164. The number of hydrogen-bond donors (Lipinski definition) is 0. The van der Waals surface area contributed by atoms with Crippen molar-refractivity contribution in [1.82, 2.24) is 0 Å². The van der Waals surface area contributed by atoms with Gasteiger partial charge in [0.25, 0.3) is 0 Å². The van der Waals surface area contributed by atoms with Crippen molar-refractivity contribution in [3.05, 3.63) is 35.4 Å². The van der Waals surface area contributed by atoms with Gasteiger partial charge in [0, 0.05) is 0 Å². The third kappa shape index (κ3) is 1.64. The first kappa shape index (κ1) is 7.22. The molecular formula is C8H9Rf-. The van der Waals surface area contributed by atoms with Gasteiger partial charge in [0.2, 0.25) is 0 Å². The SMILES string of the molecule is Cc1c[c-]cc(C)c1.[Rf]. The fraction of sp³-hybridized carbons (Fsp3) is 0.250.